The molecule has 6 heteroatoms. The normalized spacial score (nSPS) is 23.4. The van der Waals surface area contributed by atoms with Gasteiger partial charge in [-0.2, -0.15) is 0 Å². The Kier molecular flexibility index (Phi) is 3.14. The molecule has 0 bridgehead atoms. The number of pyridine rings is 1. The fourth-order valence-corrected chi connectivity index (χ4v) is 1.76. The third-order valence-corrected chi connectivity index (χ3v) is 2.76. The molecule has 1 aromatic rings. The molecule has 92 valence electrons. The molecular weight excluding hydrogens is 224 g/mol. The van der Waals surface area contributed by atoms with Gasteiger partial charge in [0.15, 0.2) is 5.54 Å². The summed E-state index contributed by atoms with van der Waals surface area (Å²) >= 11 is 0. The van der Waals surface area contributed by atoms with Gasteiger partial charge in [0, 0.05) is 31.0 Å². The van der Waals surface area contributed by atoms with Crippen molar-refractivity contribution in [3.8, 4) is 5.88 Å². The minimum atomic E-state index is -1.05. The van der Waals surface area contributed by atoms with E-state index >= 15 is 0 Å². The molecule has 1 aliphatic rings. The number of nitrogens with zero attached hydrogens (tertiary/aromatic N) is 1. The van der Waals surface area contributed by atoms with E-state index in [-0.39, 0.29) is 6.61 Å². The summed E-state index contributed by atoms with van der Waals surface area (Å²) in [6, 6.07) is 3.36. The van der Waals surface area contributed by atoms with Gasteiger partial charge >= 0.3 is 5.97 Å². The van der Waals surface area contributed by atoms with E-state index < -0.39 is 11.5 Å². The zero-order chi connectivity index (χ0) is 12.3. The number of rotatable bonds is 4. The molecule has 0 aromatic carbocycles. The average Bonchev–Trinajstić information content (AvgIpc) is 2.79. The number of aromatic nitrogens is 1. The molecule has 2 N–H and O–H groups in total. The first-order chi connectivity index (χ1) is 8.16. The van der Waals surface area contributed by atoms with Gasteiger partial charge in [-0.15, -0.1) is 0 Å². The Morgan fingerprint density at radius 3 is 3.12 bits per heavy atom. The summed E-state index contributed by atoms with van der Waals surface area (Å²) < 4.78 is 10.1. The summed E-state index contributed by atoms with van der Waals surface area (Å²) in [5.74, 6) is -0.472. The fourth-order valence-electron chi connectivity index (χ4n) is 1.76. The van der Waals surface area contributed by atoms with Gasteiger partial charge in [0.25, 0.3) is 0 Å². The Bertz CT molecular complexity index is 416. The number of methoxy groups -OCH3 is 1. The van der Waals surface area contributed by atoms with Crippen molar-refractivity contribution in [2.75, 3.05) is 25.6 Å². The van der Waals surface area contributed by atoms with Crippen LogP contribution in [-0.2, 0) is 9.53 Å². The van der Waals surface area contributed by atoms with E-state index in [0.29, 0.717) is 24.6 Å². The standard InChI is InChI=1S/C11H14N2O4/c1-16-9-6-8(2-4-12-9)13-11(10(14)15)3-5-17-7-11/h2,4,6H,3,5,7H2,1H3,(H,12,13)(H,14,15). The number of hydrogen-bond acceptors (Lipinski definition) is 5. The second-order valence-corrected chi connectivity index (χ2v) is 3.90. The molecule has 1 atom stereocenters. The SMILES string of the molecule is COc1cc(NC2(C(=O)O)CCOC2)ccn1. The van der Waals surface area contributed by atoms with Crippen LogP contribution in [0.4, 0.5) is 5.69 Å². The van der Waals surface area contributed by atoms with E-state index in [2.05, 4.69) is 10.3 Å². The molecule has 1 aromatic heterocycles. The molecular formula is C11H14N2O4. The van der Waals surface area contributed by atoms with Crippen molar-refractivity contribution in [2.24, 2.45) is 0 Å². The maximum Gasteiger partial charge on any atom is 0.331 e. The third kappa shape index (κ3) is 2.31. The number of aliphatic carboxylic acids is 1. The number of ether oxygens (including phenoxy) is 2. The van der Waals surface area contributed by atoms with Crippen LogP contribution in [0, 0.1) is 0 Å². The number of carboxylic acids is 1. The monoisotopic (exact) mass is 238 g/mol. The van der Waals surface area contributed by atoms with E-state index in [9.17, 15) is 9.90 Å². The van der Waals surface area contributed by atoms with E-state index in [1.54, 1.807) is 18.3 Å². The van der Waals surface area contributed by atoms with Crippen molar-refractivity contribution in [2.45, 2.75) is 12.0 Å². The second kappa shape index (κ2) is 4.58. The number of anilines is 1. The lowest BCUT2D eigenvalue weighted by atomic mass is 9.99. The van der Waals surface area contributed by atoms with E-state index in [0.717, 1.165) is 0 Å². The molecule has 0 radical (unpaired) electrons. The number of carbonyl (C=O) groups is 1. The van der Waals surface area contributed by atoms with Gasteiger partial charge in [-0.25, -0.2) is 9.78 Å². The van der Waals surface area contributed by atoms with Crippen molar-refractivity contribution < 1.29 is 19.4 Å². The van der Waals surface area contributed by atoms with Crippen molar-refractivity contribution >= 4 is 11.7 Å². The number of nitrogens with one attached hydrogen (secondary N) is 1. The minimum absolute atomic E-state index is 0.160. The molecule has 1 fully saturated rings. The molecule has 6 nitrogen and oxygen atoms in total. The summed E-state index contributed by atoms with van der Waals surface area (Å²) in [7, 11) is 1.51. The van der Waals surface area contributed by atoms with Gasteiger partial charge in [0.1, 0.15) is 0 Å². The quantitative estimate of drug-likeness (QED) is 0.805. The zero-order valence-corrected chi connectivity index (χ0v) is 9.47. The Hall–Kier alpha value is -1.82. The highest BCUT2D eigenvalue weighted by atomic mass is 16.5. The molecule has 2 heterocycles. The van der Waals surface area contributed by atoms with Gasteiger partial charge in [-0.1, -0.05) is 0 Å². The topological polar surface area (TPSA) is 80.7 Å². The van der Waals surface area contributed by atoms with E-state index in [1.807, 2.05) is 0 Å². The predicted octanol–water partition coefficient (Wildman–Crippen LogP) is 0.746. The number of carboxylic acid groups (broad SMARTS) is 1. The van der Waals surface area contributed by atoms with Crippen LogP contribution in [0.1, 0.15) is 6.42 Å². The molecule has 1 aliphatic heterocycles. The Morgan fingerprint density at radius 2 is 2.53 bits per heavy atom. The van der Waals surface area contributed by atoms with Gasteiger partial charge in [-0.05, 0) is 6.07 Å². The fraction of sp³-hybridized carbons (Fsp3) is 0.455. The summed E-state index contributed by atoms with van der Waals surface area (Å²) in [5.41, 5.74) is -0.392. The lowest BCUT2D eigenvalue weighted by molar-refractivity contribution is -0.142. The molecule has 2 rings (SSSR count). The van der Waals surface area contributed by atoms with E-state index in [4.69, 9.17) is 9.47 Å². The number of hydrogen-bond donors (Lipinski definition) is 2. The first-order valence-electron chi connectivity index (χ1n) is 5.26. The lowest BCUT2D eigenvalue weighted by Crippen LogP contribution is -2.47. The maximum absolute atomic E-state index is 11.3. The van der Waals surface area contributed by atoms with Crippen LogP contribution in [0.5, 0.6) is 5.88 Å². The molecule has 0 spiro atoms. The van der Waals surface area contributed by atoms with Gasteiger partial charge in [-0.3, -0.25) is 0 Å². The van der Waals surface area contributed by atoms with Crippen LogP contribution in [-0.4, -0.2) is 41.9 Å². The second-order valence-electron chi connectivity index (χ2n) is 3.90. The zero-order valence-electron chi connectivity index (χ0n) is 9.47. The van der Waals surface area contributed by atoms with Gasteiger partial charge < -0.3 is 19.9 Å². The van der Waals surface area contributed by atoms with Crippen LogP contribution >= 0.6 is 0 Å². The highest BCUT2D eigenvalue weighted by molar-refractivity contribution is 5.83. The van der Waals surface area contributed by atoms with E-state index in [1.165, 1.54) is 7.11 Å². The molecule has 0 aliphatic carbocycles. The lowest BCUT2D eigenvalue weighted by Gasteiger charge is -2.24. The minimum Gasteiger partial charge on any atom is -0.481 e. The summed E-state index contributed by atoms with van der Waals surface area (Å²) in [4.78, 5) is 15.3. The highest BCUT2D eigenvalue weighted by Crippen LogP contribution is 2.25. The first kappa shape index (κ1) is 11.7. The van der Waals surface area contributed by atoms with Gasteiger partial charge in [0.05, 0.1) is 13.7 Å². The van der Waals surface area contributed by atoms with Crippen LogP contribution < -0.4 is 10.1 Å². The van der Waals surface area contributed by atoms with Crippen LogP contribution in [0.25, 0.3) is 0 Å². The average molecular weight is 238 g/mol. The van der Waals surface area contributed by atoms with Gasteiger partial charge in [0.2, 0.25) is 5.88 Å². The highest BCUT2D eigenvalue weighted by Gasteiger charge is 2.42. The Labute approximate surface area is 98.6 Å². The van der Waals surface area contributed by atoms with Crippen LogP contribution in [0.2, 0.25) is 0 Å². The largest absolute Gasteiger partial charge is 0.481 e. The first-order valence-corrected chi connectivity index (χ1v) is 5.26. The molecule has 1 unspecified atom stereocenters. The smallest absolute Gasteiger partial charge is 0.331 e. The Morgan fingerprint density at radius 1 is 1.71 bits per heavy atom. The molecule has 0 saturated carbocycles. The summed E-state index contributed by atoms with van der Waals surface area (Å²) in [5, 5.41) is 12.2. The van der Waals surface area contributed by atoms with Crippen LogP contribution in [0.15, 0.2) is 18.3 Å². The Balaban J connectivity index is 2.20. The van der Waals surface area contributed by atoms with Crippen molar-refractivity contribution in [3.05, 3.63) is 18.3 Å². The molecule has 17 heavy (non-hydrogen) atoms. The van der Waals surface area contributed by atoms with Crippen molar-refractivity contribution in [1.29, 1.82) is 0 Å². The molecule has 0 amide bonds. The van der Waals surface area contributed by atoms with Crippen molar-refractivity contribution in [3.63, 3.8) is 0 Å². The summed E-state index contributed by atoms with van der Waals surface area (Å²) in [6.07, 6.45) is 2.00. The third-order valence-electron chi connectivity index (χ3n) is 2.76. The van der Waals surface area contributed by atoms with Crippen molar-refractivity contribution in [1.82, 2.24) is 4.98 Å². The van der Waals surface area contributed by atoms with Crippen LogP contribution in [0.3, 0.4) is 0 Å². The summed E-state index contributed by atoms with van der Waals surface area (Å²) in [6.45, 7) is 0.606. The predicted molar refractivity (Wildman–Crippen MR) is 60.2 cm³/mol. The molecule has 1 saturated heterocycles. The maximum atomic E-state index is 11.3.